The molecule has 1 atom stereocenters. The Morgan fingerprint density at radius 2 is 1.95 bits per heavy atom. The molecule has 1 aliphatic heterocycles. The summed E-state index contributed by atoms with van der Waals surface area (Å²) in [6, 6.07) is -0.0828. The van der Waals surface area contributed by atoms with Crippen LogP contribution in [0.3, 0.4) is 0 Å². The average molecular weight is 293 g/mol. The number of nitrogens with two attached hydrogens (primary N) is 1. The van der Waals surface area contributed by atoms with E-state index in [-0.39, 0.29) is 18.5 Å². The van der Waals surface area contributed by atoms with Crippen LogP contribution in [-0.4, -0.2) is 38.9 Å². The Kier molecular flexibility index (Phi) is 6.17. The smallest absolute Gasteiger partial charge is 0.244 e. The Hall–Kier alpha value is -1.43. The molecule has 1 unspecified atom stereocenters. The number of amides is 1. The number of likely N-dealkylation sites (tertiary alicyclic amines) is 1. The molecule has 6 heteroatoms. The molecule has 1 fully saturated rings. The van der Waals surface area contributed by atoms with Gasteiger partial charge in [0, 0.05) is 13.1 Å². The third-order valence-corrected chi connectivity index (χ3v) is 4.04. The zero-order chi connectivity index (χ0) is 15.1. The van der Waals surface area contributed by atoms with E-state index in [0.29, 0.717) is 0 Å². The molecule has 6 nitrogen and oxygen atoms in total. The number of hydrogen-bond donors (Lipinski definition) is 1. The van der Waals surface area contributed by atoms with Crippen LogP contribution in [-0.2, 0) is 11.3 Å². The Morgan fingerprint density at radius 3 is 2.62 bits per heavy atom. The third kappa shape index (κ3) is 4.81. The van der Waals surface area contributed by atoms with E-state index in [1.165, 1.54) is 19.3 Å². The highest BCUT2D eigenvalue weighted by molar-refractivity contribution is 5.75. The van der Waals surface area contributed by atoms with Gasteiger partial charge in [-0.1, -0.05) is 37.8 Å². The van der Waals surface area contributed by atoms with Crippen molar-refractivity contribution in [1.82, 2.24) is 19.9 Å². The van der Waals surface area contributed by atoms with Gasteiger partial charge >= 0.3 is 0 Å². The minimum Gasteiger partial charge on any atom is -0.341 e. The third-order valence-electron chi connectivity index (χ3n) is 4.04. The van der Waals surface area contributed by atoms with Gasteiger partial charge in [0.05, 0.1) is 17.9 Å². The van der Waals surface area contributed by atoms with E-state index >= 15 is 0 Å². The lowest BCUT2D eigenvalue weighted by atomic mass is 10.1. The minimum atomic E-state index is -0.0828. The van der Waals surface area contributed by atoms with Crippen molar-refractivity contribution in [3.8, 4) is 0 Å². The summed E-state index contributed by atoms with van der Waals surface area (Å²) in [6.07, 6.45) is 9.67. The van der Waals surface area contributed by atoms with E-state index in [4.69, 9.17) is 5.73 Å². The van der Waals surface area contributed by atoms with E-state index in [1.54, 1.807) is 4.68 Å². The molecule has 0 saturated carbocycles. The molecule has 1 saturated heterocycles. The number of hydrogen-bond acceptors (Lipinski definition) is 4. The minimum absolute atomic E-state index is 0.0828. The first-order valence-corrected chi connectivity index (χ1v) is 8.14. The molecular weight excluding hydrogens is 266 g/mol. The normalized spacial score (nSPS) is 18.1. The second-order valence-corrected chi connectivity index (χ2v) is 5.88. The summed E-state index contributed by atoms with van der Waals surface area (Å²) < 4.78 is 1.62. The van der Waals surface area contributed by atoms with Crippen LogP contribution in [0.5, 0.6) is 0 Å². The van der Waals surface area contributed by atoms with Crippen molar-refractivity contribution in [2.24, 2.45) is 5.73 Å². The summed E-state index contributed by atoms with van der Waals surface area (Å²) in [7, 11) is 0. The highest BCUT2D eigenvalue weighted by atomic mass is 16.2. The molecule has 0 bridgehead atoms. The van der Waals surface area contributed by atoms with Crippen LogP contribution in [0.2, 0.25) is 0 Å². The first kappa shape index (κ1) is 15.9. The predicted molar refractivity (Wildman–Crippen MR) is 81.5 cm³/mol. The average Bonchev–Trinajstić information content (AvgIpc) is 2.87. The molecule has 2 heterocycles. The van der Waals surface area contributed by atoms with Crippen LogP contribution in [0.4, 0.5) is 0 Å². The van der Waals surface area contributed by atoms with Crippen molar-refractivity contribution in [3.05, 3.63) is 11.9 Å². The molecule has 2 rings (SSSR count). The molecule has 118 valence electrons. The van der Waals surface area contributed by atoms with Crippen LogP contribution in [0.1, 0.15) is 63.6 Å². The van der Waals surface area contributed by atoms with E-state index < -0.39 is 0 Å². The number of carbonyl (C=O) groups excluding carboxylic acids is 1. The second kappa shape index (κ2) is 8.12. The van der Waals surface area contributed by atoms with Gasteiger partial charge in [0.15, 0.2) is 0 Å². The number of carbonyl (C=O) groups is 1. The van der Waals surface area contributed by atoms with Crippen molar-refractivity contribution in [3.63, 3.8) is 0 Å². The topological polar surface area (TPSA) is 77.0 Å². The summed E-state index contributed by atoms with van der Waals surface area (Å²) >= 11 is 0. The zero-order valence-electron chi connectivity index (χ0n) is 13.0. The summed E-state index contributed by atoms with van der Waals surface area (Å²) in [4.78, 5) is 14.3. The Labute approximate surface area is 126 Å². The summed E-state index contributed by atoms with van der Waals surface area (Å²) in [5, 5.41) is 8.12. The maximum absolute atomic E-state index is 12.3. The van der Waals surface area contributed by atoms with Crippen molar-refractivity contribution < 1.29 is 4.79 Å². The van der Waals surface area contributed by atoms with Crippen LogP contribution in [0.25, 0.3) is 0 Å². The van der Waals surface area contributed by atoms with Gasteiger partial charge in [-0.15, -0.1) is 5.10 Å². The molecule has 0 aliphatic carbocycles. The Bertz CT molecular complexity index is 437. The molecule has 0 aromatic carbocycles. The SMILES string of the molecule is CCCC(N)c1cn(CC(=O)N2CCCCCCC2)nn1. The van der Waals surface area contributed by atoms with E-state index in [0.717, 1.165) is 44.5 Å². The molecule has 1 aromatic heterocycles. The molecule has 0 radical (unpaired) electrons. The van der Waals surface area contributed by atoms with Gasteiger partial charge in [0.25, 0.3) is 0 Å². The fraction of sp³-hybridized carbons (Fsp3) is 0.800. The van der Waals surface area contributed by atoms with Crippen LogP contribution >= 0.6 is 0 Å². The highest BCUT2D eigenvalue weighted by Gasteiger charge is 2.17. The van der Waals surface area contributed by atoms with Crippen molar-refractivity contribution >= 4 is 5.91 Å². The second-order valence-electron chi connectivity index (χ2n) is 5.88. The van der Waals surface area contributed by atoms with Gasteiger partial charge in [0.1, 0.15) is 6.54 Å². The van der Waals surface area contributed by atoms with Gasteiger partial charge in [-0.3, -0.25) is 4.79 Å². The largest absolute Gasteiger partial charge is 0.341 e. The molecule has 21 heavy (non-hydrogen) atoms. The fourth-order valence-electron chi connectivity index (χ4n) is 2.75. The molecule has 2 N–H and O–H groups in total. The van der Waals surface area contributed by atoms with Crippen molar-refractivity contribution in [2.45, 2.75) is 64.5 Å². The predicted octanol–water partition coefficient (Wildman–Crippen LogP) is 1.87. The fourth-order valence-corrected chi connectivity index (χ4v) is 2.75. The van der Waals surface area contributed by atoms with E-state index in [1.807, 2.05) is 11.1 Å². The van der Waals surface area contributed by atoms with Crippen molar-refractivity contribution in [1.29, 1.82) is 0 Å². The standard InChI is InChI=1S/C15H27N5O/c1-2-8-13(16)14-11-20(18-17-14)12-15(21)19-9-6-4-3-5-7-10-19/h11,13H,2-10,12,16H2,1H3. The lowest BCUT2D eigenvalue weighted by Gasteiger charge is -2.24. The summed E-state index contributed by atoms with van der Waals surface area (Å²) in [6.45, 7) is 4.10. The van der Waals surface area contributed by atoms with Gasteiger partial charge in [-0.05, 0) is 19.3 Å². The van der Waals surface area contributed by atoms with Gasteiger partial charge in [-0.2, -0.15) is 0 Å². The lowest BCUT2D eigenvalue weighted by Crippen LogP contribution is -2.36. The zero-order valence-corrected chi connectivity index (χ0v) is 13.0. The maximum Gasteiger partial charge on any atom is 0.244 e. The first-order chi connectivity index (χ1) is 10.2. The Morgan fingerprint density at radius 1 is 1.29 bits per heavy atom. The summed E-state index contributed by atoms with van der Waals surface area (Å²) in [5.41, 5.74) is 6.79. The van der Waals surface area contributed by atoms with Gasteiger partial charge < -0.3 is 10.6 Å². The van der Waals surface area contributed by atoms with Crippen LogP contribution in [0.15, 0.2) is 6.20 Å². The van der Waals surface area contributed by atoms with E-state index in [9.17, 15) is 4.79 Å². The maximum atomic E-state index is 12.3. The lowest BCUT2D eigenvalue weighted by molar-refractivity contribution is -0.132. The van der Waals surface area contributed by atoms with Gasteiger partial charge in [-0.25, -0.2) is 4.68 Å². The molecule has 1 aliphatic rings. The number of rotatable bonds is 5. The summed E-state index contributed by atoms with van der Waals surface area (Å²) in [5.74, 6) is 0.136. The number of aromatic nitrogens is 3. The monoisotopic (exact) mass is 293 g/mol. The van der Waals surface area contributed by atoms with Crippen LogP contribution in [0, 0.1) is 0 Å². The number of nitrogens with zero attached hydrogens (tertiary/aromatic N) is 4. The first-order valence-electron chi connectivity index (χ1n) is 8.14. The molecule has 1 aromatic rings. The van der Waals surface area contributed by atoms with Gasteiger partial charge in [0.2, 0.25) is 5.91 Å². The quantitative estimate of drug-likeness (QED) is 0.899. The van der Waals surface area contributed by atoms with E-state index in [2.05, 4.69) is 17.2 Å². The highest BCUT2D eigenvalue weighted by Crippen LogP contribution is 2.13. The molecular formula is C15H27N5O. The molecule has 1 amide bonds. The Balaban J connectivity index is 1.89. The van der Waals surface area contributed by atoms with Crippen LogP contribution < -0.4 is 5.73 Å². The van der Waals surface area contributed by atoms with Crippen molar-refractivity contribution in [2.75, 3.05) is 13.1 Å². The molecule has 0 spiro atoms.